The van der Waals surface area contributed by atoms with Crippen LogP contribution in [-0.4, -0.2) is 71.6 Å². The zero-order chi connectivity index (χ0) is 30.2. The molecule has 42 heavy (non-hydrogen) atoms. The van der Waals surface area contributed by atoms with E-state index in [1.54, 1.807) is 24.4 Å². The summed E-state index contributed by atoms with van der Waals surface area (Å²) < 4.78 is 53.7. The molecule has 1 saturated heterocycles. The van der Waals surface area contributed by atoms with Gasteiger partial charge in [0, 0.05) is 48.6 Å². The Hall–Kier alpha value is -3.94. The molecule has 0 saturated carbocycles. The van der Waals surface area contributed by atoms with Crippen molar-refractivity contribution in [2.45, 2.75) is 50.2 Å². The van der Waals surface area contributed by atoms with E-state index in [1.165, 1.54) is 12.1 Å². The van der Waals surface area contributed by atoms with Gasteiger partial charge in [-0.1, -0.05) is 25.1 Å². The highest BCUT2D eigenvalue weighted by Crippen LogP contribution is 2.34. The molecule has 1 aliphatic rings. The number of amides is 1. The van der Waals surface area contributed by atoms with E-state index in [2.05, 4.69) is 49.6 Å². The average Bonchev–Trinajstić information content (AvgIpc) is 3.35. The van der Waals surface area contributed by atoms with Crippen LogP contribution in [0.2, 0.25) is 0 Å². The number of nitrogens with zero attached hydrogens (tertiary/aromatic N) is 3. The molecule has 0 aliphatic carbocycles. The van der Waals surface area contributed by atoms with Gasteiger partial charge in [0.25, 0.3) is 0 Å². The lowest BCUT2D eigenvalue weighted by Gasteiger charge is -2.40. The molecule has 2 aromatic heterocycles. The van der Waals surface area contributed by atoms with Crippen LogP contribution >= 0.6 is 0 Å². The fraction of sp³-hybridized carbons (Fsp3) is 0.345. The number of hydrogen-bond acceptors (Lipinski definition) is 8. The maximum atomic E-state index is 15.0. The van der Waals surface area contributed by atoms with Crippen LogP contribution in [0.5, 0.6) is 0 Å². The monoisotopic (exact) mass is 597 g/mol. The van der Waals surface area contributed by atoms with Crippen LogP contribution in [0.25, 0.3) is 22.2 Å². The summed E-state index contributed by atoms with van der Waals surface area (Å²) in [5.74, 6) is -1.95. The van der Waals surface area contributed by atoms with Crippen LogP contribution in [0.3, 0.4) is 0 Å². The van der Waals surface area contributed by atoms with Gasteiger partial charge in [0.1, 0.15) is 10.6 Å². The van der Waals surface area contributed by atoms with Crippen molar-refractivity contribution in [3.63, 3.8) is 0 Å². The summed E-state index contributed by atoms with van der Waals surface area (Å²) in [4.78, 5) is 26.4. The van der Waals surface area contributed by atoms with Crippen molar-refractivity contribution in [1.29, 1.82) is 0 Å². The highest BCUT2D eigenvalue weighted by Gasteiger charge is 2.30. The molecule has 1 aliphatic heterocycles. The first kappa shape index (κ1) is 29.5. The molecule has 3 atom stereocenters. The minimum absolute atomic E-state index is 0.0582. The zero-order valence-corrected chi connectivity index (χ0v) is 24.5. The number of aromatic nitrogens is 3. The minimum Gasteiger partial charge on any atom is -0.359 e. The van der Waals surface area contributed by atoms with E-state index in [9.17, 15) is 17.6 Å². The highest BCUT2D eigenvalue weighted by molar-refractivity contribution is 7.90. The number of sulfone groups is 1. The van der Waals surface area contributed by atoms with Gasteiger partial charge < -0.3 is 20.9 Å². The predicted molar refractivity (Wildman–Crippen MR) is 158 cm³/mol. The van der Waals surface area contributed by atoms with Crippen LogP contribution in [0.4, 0.5) is 26.1 Å². The van der Waals surface area contributed by atoms with Gasteiger partial charge in [-0.3, -0.25) is 9.69 Å². The fourth-order valence-electron chi connectivity index (χ4n) is 5.53. The van der Waals surface area contributed by atoms with Gasteiger partial charge in [0.15, 0.2) is 21.5 Å². The van der Waals surface area contributed by atoms with Gasteiger partial charge in [-0.15, -0.1) is 0 Å². The summed E-state index contributed by atoms with van der Waals surface area (Å²) in [5.41, 5.74) is 1.32. The second kappa shape index (κ2) is 11.7. The van der Waals surface area contributed by atoms with Crippen molar-refractivity contribution in [2.75, 3.05) is 30.0 Å². The van der Waals surface area contributed by atoms with Crippen molar-refractivity contribution in [2.24, 2.45) is 0 Å². The molecule has 13 heteroatoms. The number of anilines is 3. The minimum atomic E-state index is -3.81. The van der Waals surface area contributed by atoms with Crippen LogP contribution in [0.1, 0.15) is 27.2 Å². The second-order valence-electron chi connectivity index (χ2n) is 10.7. The molecule has 0 spiro atoms. The number of fused-ring (bicyclic) bond motifs is 1. The zero-order valence-electron chi connectivity index (χ0n) is 23.7. The average molecular weight is 598 g/mol. The Morgan fingerprint density at radius 1 is 1.12 bits per heavy atom. The maximum absolute atomic E-state index is 15.0. The third-order valence-electron chi connectivity index (χ3n) is 7.30. The number of piperazine rings is 1. The van der Waals surface area contributed by atoms with E-state index in [0.717, 1.165) is 31.6 Å². The summed E-state index contributed by atoms with van der Waals surface area (Å²) in [6.07, 6.45) is 4.09. The predicted octanol–water partition coefficient (Wildman–Crippen LogP) is 4.45. The molecule has 1 fully saturated rings. The first-order valence-electron chi connectivity index (χ1n) is 13.7. The molecule has 222 valence electrons. The molecular formula is C29H33F2N7O3S. The number of para-hydroxylation sites is 1. The molecule has 1 amide bonds. The number of nitrogens with one attached hydrogen (secondary N) is 4. The molecule has 0 radical (unpaired) electrons. The molecular weight excluding hydrogens is 564 g/mol. The number of benzene rings is 2. The largest absolute Gasteiger partial charge is 0.359 e. The second-order valence-corrected chi connectivity index (χ2v) is 12.7. The lowest BCUT2D eigenvalue weighted by molar-refractivity contribution is -0.122. The molecule has 2 aromatic carbocycles. The maximum Gasteiger partial charge on any atom is 0.241 e. The van der Waals surface area contributed by atoms with Crippen molar-refractivity contribution in [1.82, 2.24) is 25.2 Å². The van der Waals surface area contributed by atoms with Gasteiger partial charge in [-0.25, -0.2) is 27.2 Å². The lowest BCUT2D eigenvalue weighted by atomic mass is 10.1. The summed E-state index contributed by atoms with van der Waals surface area (Å²) in [7, 11) is -3.81. The van der Waals surface area contributed by atoms with Crippen LogP contribution in [0.15, 0.2) is 53.7 Å². The number of halogens is 2. The van der Waals surface area contributed by atoms with Crippen molar-refractivity contribution in [3.05, 3.63) is 60.4 Å². The Bertz CT molecular complexity index is 1730. The molecule has 1 unspecified atom stereocenters. The van der Waals surface area contributed by atoms with Crippen molar-refractivity contribution in [3.8, 4) is 11.3 Å². The number of rotatable bonds is 8. The molecule has 0 bridgehead atoms. The van der Waals surface area contributed by atoms with E-state index in [4.69, 9.17) is 0 Å². The van der Waals surface area contributed by atoms with E-state index >= 15 is 4.39 Å². The fourth-order valence-corrected chi connectivity index (χ4v) is 6.30. The smallest absolute Gasteiger partial charge is 0.241 e. The SMILES string of the molecule is CCC(C(=O)Nc1cccc2c(-c3nc(Nc4cccc(S(C)(=O)=O)c4F)ncc3F)c[nH]c12)N1C[C@@H](C)N[C@H](C)C1. The first-order valence-corrected chi connectivity index (χ1v) is 15.5. The molecule has 4 aromatic rings. The van der Waals surface area contributed by atoms with Crippen molar-refractivity contribution >= 4 is 44.0 Å². The first-order chi connectivity index (χ1) is 20.0. The van der Waals surface area contributed by atoms with E-state index < -0.39 is 26.4 Å². The molecule has 4 N–H and O–H groups in total. The third-order valence-corrected chi connectivity index (χ3v) is 8.41. The Kier molecular flexibility index (Phi) is 8.26. The van der Waals surface area contributed by atoms with Crippen molar-refractivity contribution < 1.29 is 22.0 Å². The number of carbonyl (C=O) groups excluding carboxylic acids is 1. The summed E-state index contributed by atoms with van der Waals surface area (Å²) >= 11 is 0. The lowest BCUT2D eigenvalue weighted by Crippen LogP contribution is -2.59. The molecule has 3 heterocycles. The van der Waals surface area contributed by atoms with Gasteiger partial charge in [0.05, 0.1) is 29.1 Å². The number of carbonyl (C=O) groups is 1. The standard InChI is InChI=1S/C29H33F2N7O3S/c1-5-23(38-14-16(2)34-17(3)15-38)28(39)35-22-10-6-8-18-19(12-32-27(18)22)26-20(30)13-33-29(37-26)36-21-9-7-11-24(25(21)31)42(4,40)41/h6-13,16-17,23,32,34H,5,14-15H2,1-4H3,(H,35,39)(H,33,36,37)/t16-,17-,23?/m1/s1. The van der Waals surface area contributed by atoms with Gasteiger partial charge in [-0.05, 0) is 38.5 Å². The Labute approximate surface area is 242 Å². The number of H-pyrrole nitrogens is 1. The third kappa shape index (κ3) is 5.98. The van der Waals surface area contributed by atoms with E-state index in [-0.39, 0.29) is 41.4 Å². The molecule has 5 rings (SSSR count). The Morgan fingerprint density at radius 2 is 1.81 bits per heavy atom. The van der Waals surface area contributed by atoms with E-state index in [0.29, 0.717) is 28.6 Å². The quantitative estimate of drug-likeness (QED) is 0.234. The van der Waals surface area contributed by atoms with Gasteiger partial charge >= 0.3 is 0 Å². The normalized spacial score (nSPS) is 18.6. The van der Waals surface area contributed by atoms with Gasteiger partial charge in [0.2, 0.25) is 11.9 Å². The number of aromatic amines is 1. The molecule has 10 nitrogen and oxygen atoms in total. The van der Waals surface area contributed by atoms with Crippen LogP contribution < -0.4 is 16.0 Å². The Morgan fingerprint density at radius 3 is 2.50 bits per heavy atom. The van der Waals surface area contributed by atoms with E-state index in [1.807, 2.05) is 6.92 Å². The summed E-state index contributed by atoms with van der Waals surface area (Å²) in [6.45, 7) is 7.72. The topological polar surface area (TPSA) is 132 Å². The summed E-state index contributed by atoms with van der Waals surface area (Å²) in [6, 6.07) is 9.42. The Balaban J connectivity index is 1.43. The van der Waals surface area contributed by atoms with Crippen LogP contribution in [0, 0.1) is 11.6 Å². The van der Waals surface area contributed by atoms with Gasteiger partial charge in [-0.2, -0.15) is 0 Å². The van der Waals surface area contributed by atoms with Crippen LogP contribution in [-0.2, 0) is 14.6 Å². The highest BCUT2D eigenvalue weighted by atomic mass is 32.2. The number of hydrogen-bond donors (Lipinski definition) is 4. The summed E-state index contributed by atoms with van der Waals surface area (Å²) in [5, 5.41) is 9.80.